The second-order valence-electron chi connectivity index (χ2n) is 6.17. The third kappa shape index (κ3) is 3.51. The minimum atomic E-state index is -0.168. The molecule has 1 aliphatic carbocycles. The van der Waals surface area contributed by atoms with E-state index in [4.69, 9.17) is 9.47 Å². The van der Waals surface area contributed by atoms with Gasteiger partial charge in [0, 0.05) is 19.7 Å². The Bertz CT molecular complexity index is 324. The maximum absolute atomic E-state index is 12.7. The number of methoxy groups -OCH3 is 1. The van der Waals surface area contributed by atoms with Crippen LogP contribution in [0.15, 0.2) is 0 Å². The largest absolute Gasteiger partial charge is 0.382 e. The molecule has 1 heterocycles. The molecule has 1 amide bonds. The lowest BCUT2D eigenvalue weighted by atomic mass is 9.67. The van der Waals surface area contributed by atoms with Crippen molar-refractivity contribution in [3.05, 3.63) is 0 Å². The van der Waals surface area contributed by atoms with Crippen molar-refractivity contribution in [3.63, 3.8) is 0 Å². The van der Waals surface area contributed by atoms with Gasteiger partial charge < -0.3 is 20.1 Å². The molecule has 2 N–H and O–H groups in total. The van der Waals surface area contributed by atoms with E-state index in [2.05, 4.69) is 10.6 Å². The molecular formula is C15H28N2O3. The molecule has 0 radical (unpaired) electrons. The van der Waals surface area contributed by atoms with Crippen molar-refractivity contribution in [1.82, 2.24) is 10.6 Å². The highest BCUT2D eigenvalue weighted by atomic mass is 16.5. The molecule has 0 aromatic carbocycles. The zero-order chi connectivity index (χ0) is 14.4. The van der Waals surface area contributed by atoms with Gasteiger partial charge in [-0.25, -0.2) is 0 Å². The van der Waals surface area contributed by atoms with E-state index < -0.39 is 0 Å². The highest BCUT2D eigenvalue weighted by Crippen LogP contribution is 2.43. The van der Waals surface area contributed by atoms with Crippen molar-refractivity contribution in [3.8, 4) is 0 Å². The third-order valence-electron chi connectivity index (χ3n) is 4.67. The molecule has 20 heavy (non-hydrogen) atoms. The Kier molecular flexibility index (Phi) is 5.81. The first-order valence-electron chi connectivity index (χ1n) is 7.77. The van der Waals surface area contributed by atoms with Crippen LogP contribution in [-0.2, 0) is 14.3 Å². The first kappa shape index (κ1) is 15.7. The van der Waals surface area contributed by atoms with Crippen molar-refractivity contribution < 1.29 is 14.3 Å². The fourth-order valence-corrected chi connectivity index (χ4v) is 3.50. The standard InChI is InChI=1S/C15H28N2O3/c1-12(10-20-8-7-19-2)17-14(18)15-6-4-3-5-13(15)9-16-11-15/h12-13,16H,3-11H2,1-2H3,(H,17,18)/t12?,13-,15+/m0/s1. The Morgan fingerprint density at radius 1 is 1.45 bits per heavy atom. The normalized spacial score (nSPS) is 30.8. The number of amides is 1. The van der Waals surface area contributed by atoms with Crippen molar-refractivity contribution in [2.24, 2.45) is 11.3 Å². The van der Waals surface area contributed by atoms with E-state index in [-0.39, 0.29) is 17.4 Å². The van der Waals surface area contributed by atoms with Gasteiger partial charge in [0.2, 0.25) is 5.91 Å². The van der Waals surface area contributed by atoms with Crippen LogP contribution in [-0.4, -0.2) is 52.0 Å². The van der Waals surface area contributed by atoms with Crippen LogP contribution in [0.5, 0.6) is 0 Å². The minimum Gasteiger partial charge on any atom is -0.382 e. The highest BCUT2D eigenvalue weighted by Gasteiger charge is 2.49. The average Bonchev–Trinajstić information content (AvgIpc) is 2.88. The maximum Gasteiger partial charge on any atom is 0.228 e. The number of rotatable bonds is 7. The second-order valence-corrected chi connectivity index (χ2v) is 6.17. The van der Waals surface area contributed by atoms with E-state index in [0.29, 0.717) is 25.7 Å². The molecule has 5 heteroatoms. The summed E-state index contributed by atoms with van der Waals surface area (Å²) in [5.41, 5.74) is -0.168. The lowest BCUT2D eigenvalue weighted by molar-refractivity contribution is -0.135. The van der Waals surface area contributed by atoms with E-state index in [9.17, 15) is 4.79 Å². The summed E-state index contributed by atoms with van der Waals surface area (Å²) >= 11 is 0. The highest BCUT2D eigenvalue weighted by molar-refractivity contribution is 5.84. The first-order chi connectivity index (χ1) is 9.69. The summed E-state index contributed by atoms with van der Waals surface area (Å²) in [6.07, 6.45) is 4.63. The Labute approximate surface area is 121 Å². The fraction of sp³-hybridized carbons (Fsp3) is 0.933. The van der Waals surface area contributed by atoms with Gasteiger partial charge in [0.1, 0.15) is 0 Å². The predicted octanol–water partition coefficient (Wildman–Crippen LogP) is 0.934. The summed E-state index contributed by atoms with van der Waals surface area (Å²) in [7, 11) is 1.66. The topological polar surface area (TPSA) is 59.6 Å². The average molecular weight is 284 g/mol. The molecule has 116 valence electrons. The quantitative estimate of drug-likeness (QED) is 0.683. The molecule has 0 aromatic heterocycles. The predicted molar refractivity (Wildman–Crippen MR) is 77.6 cm³/mol. The Morgan fingerprint density at radius 2 is 2.30 bits per heavy atom. The van der Waals surface area contributed by atoms with E-state index in [1.165, 1.54) is 19.3 Å². The maximum atomic E-state index is 12.7. The van der Waals surface area contributed by atoms with E-state index in [1.54, 1.807) is 7.11 Å². The van der Waals surface area contributed by atoms with Gasteiger partial charge in [0.05, 0.1) is 25.2 Å². The number of hydrogen-bond donors (Lipinski definition) is 2. The van der Waals surface area contributed by atoms with Crippen LogP contribution >= 0.6 is 0 Å². The van der Waals surface area contributed by atoms with E-state index >= 15 is 0 Å². The molecule has 1 saturated heterocycles. The molecule has 5 nitrogen and oxygen atoms in total. The molecule has 3 atom stereocenters. The Balaban J connectivity index is 1.81. The van der Waals surface area contributed by atoms with Gasteiger partial charge >= 0.3 is 0 Å². The van der Waals surface area contributed by atoms with Crippen molar-refractivity contribution in [1.29, 1.82) is 0 Å². The first-order valence-corrected chi connectivity index (χ1v) is 7.77. The van der Waals surface area contributed by atoms with Crippen LogP contribution in [0.4, 0.5) is 0 Å². The van der Waals surface area contributed by atoms with Crippen LogP contribution in [0.3, 0.4) is 0 Å². The zero-order valence-electron chi connectivity index (χ0n) is 12.7. The van der Waals surface area contributed by atoms with Crippen LogP contribution < -0.4 is 10.6 Å². The van der Waals surface area contributed by atoms with Crippen molar-refractivity contribution in [2.45, 2.75) is 38.6 Å². The van der Waals surface area contributed by atoms with E-state index in [0.717, 1.165) is 19.5 Å². The van der Waals surface area contributed by atoms with Gasteiger partial charge in [-0.1, -0.05) is 12.8 Å². The van der Waals surface area contributed by atoms with Gasteiger partial charge in [-0.15, -0.1) is 0 Å². The van der Waals surface area contributed by atoms with Crippen molar-refractivity contribution >= 4 is 5.91 Å². The smallest absolute Gasteiger partial charge is 0.228 e. The SMILES string of the molecule is COCCOCC(C)NC(=O)[C@@]12CCCC[C@H]1CNC2. The van der Waals surface area contributed by atoms with Gasteiger partial charge in [-0.2, -0.15) is 0 Å². The zero-order valence-corrected chi connectivity index (χ0v) is 12.7. The Morgan fingerprint density at radius 3 is 3.10 bits per heavy atom. The fourth-order valence-electron chi connectivity index (χ4n) is 3.50. The van der Waals surface area contributed by atoms with Gasteiger partial charge in [-0.05, 0) is 32.2 Å². The number of ether oxygens (including phenoxy) is 2. The summed E-state index contributed by atoms with van der Waals surface area (Å²) in [5, 5.41) is 6.55. The molecule has 2 rings (SSSR count). The summed E-state index contributed by atoms with van der Waals surface area (Å²) in [6.45, 7) is 5.54. The molecule has 1 aliphatic heterocycles. The lowest BCUT2D eigenvalue weighted by Gasteiger charge is -2.37. The summed E-state index contributed by atoms with van der Waals surface area (Å²) in [6, 6.07) is 0.0527. The van der Waals surface area contributed by atoms with Gasteiger partial charge in [0.25, 0.3) is 0 Å². The molecule has 2 aliphatic rings. The van der Waals surface area contributed by atoms with Crippen LogP contribution in [0.1, 0.15) is 32.6 Å². The molecule has 0 aromatic rings. The molecule has 0 bridgehead atoms. The monoisotopic (exact) mass is 284 g/mol. The summed E-state index contributed by atoms with van der Waals surface area (Å²) in [5.74, 6) is 0.730. The van der Waals surface area contributed by atoms with Crippen LogP contribution in [0, 0.1) is 11.3 Å². The minimum absolute atomic E-state index is 0.0527. The van der Waals surface area contributed by atoms with Gasteiger partial charge in [0.15, 0.2) is 0 Å². The Hall–Kier alpha value is -0.650. The number of nitrogens with one attached hydrogen (secondary N) is 2. The van der Waals surface area contributed by atoms with Gasteiger partial charge in [-0.3, -0.25) is 4.79 Å². The molecule has 2 fully saturated rings. The summed E-state index contributed by atoms with van der Waals surface area (Å²) in [4.78, 5) is 12.7. The lowest BCUT2D eigenvalue weighted by Crippen LogP contribution is -2.51. The molecular weight excluding hydrogens is 256 g/mol. The van der Waals surface area contributed by atoms with Crippen LogP contribution in [0.2, 0.25) is 0 Å². The third-order valence-corrected chi connectivity index (χ3v) is 4.67. The second kappa shape index (κ2) is 7.38. The molecule has 1 saturated carbocycles. The summed E-state index contributed by atoms with van der Waals surface area (Å²) < 4.78 is 10.4. The molecule has 0 spiro atoms. The number of fused-ring (bicyclic) bond motifs is 1. The number of carbonyl (C=O) groups excluding carboxylic acids is 1. The van der Waals surface area contributed by atoms with E-state index in [1.807, 2.05) is 6.92 Å². The number of hydrogen-bond acceptors (Lipinski definition) is 4. The van der Waals surface area contributed by atoms with Crippen LogP contribution in [0.25, 0.3) is 0 Å². The van der Waals surface area contributed by atoms with Crippen molar-refractivity contribution in [2.75, 3.05) is 40.0 Å². The molecule has 1 unspecified atom stereocenters. The number of carbonyl (C=O) groups is 1.